The number of hydrogen-bond donors (Lipinski definition) is 0. The van der Waals surface area contributed by atoms with Gasteiger partial charge in [0.05, 0.1) is 0 Å². The zero-order valence-corrected chi connectivity index (χ0v) is 8.32. The van der Waals surface area contributed by atoms with Crippen LogP contribution in [0.2, 0.25) is 0 Å². The average molecular weight is 194 g/mol. The van der Waals surface area contributed by atoms with Gasteiger partial charge in [0.15, 0.2) is 0 Å². The molecular formula is C12H12F2. The molecule has 0 amide bonds. The zero-order valence-electron chi connectivity index (χ0n) is 8.32. The fourth-order valence-corrected chi connectivity index (χ4v) is 1.90. The first kappa shape index (κ1) is 9.38. The van der Waals surface area contributed by atoms with Gasteiger partial charge in [-0.15, -0.1) is 0 Å². The summed E-state index contributed by atoms with van der Waals surface area (Å²) in [5.74, 6) is -0.805. The molecular weight excluding hydrogens is 182 g/mol. The van der Waals surface area contributed by atoms with Gasteiger partial charge in [0.25, 0.3) is 0 Å². The predicted molar refractivity (Wildman–Crippen MR) is 53.2 cm³/mol. The molecule has 0 heterocycles. The zero-order chi connectivity index (χ0) is 10.3. The maximum absolute atomic E-state index is 13.6. The maximum atomic E-state index is 13.6. The number of hydrogen-bond acceptors (Lipinski definition) is 0. The Morgan fingerprint density at radius 1 is 1.07 bits per heavy atom. The monoisotopic (exact) mass is 194 g/mol. The first-order valence-electron chi connectivity index (χ1n) is 4.74. The van der Waals surface area contributed by atoms with Crippen molar-refractivity contribution in [2.24, 2.45) is 0 Å². The molecule has 2 rings (SSSR count). The van der Waals surface area contributed by atoms with Crippen LogP contribution in [-0.2, 0) is 6.42 Å². The number of rotatable bonds is 0. The molecule has 74 valence electrons. The van der Waals surface area contributed by atoms with Crippen LogP contribution >= 0.6 is 0 Å². The second-order valence-corrected chi connectivity index (χ2v) is 3.88. The van der Waals surface area contributed by atoms with Gasteiger partial charge < -0.3 is 0 Å². The number of fused-ring (bicyclic) bond motifs is 1. The molecule has 0 aromatic heterocycles. The highest BCUT2D eigenvalue weighted by Crippen LogP contribution is 2.34. The highest BCUT2D eigenvalue weighted by atomic mass is 19.1. The Labute approximate surface area is 82.3 Å². The van der Waals surface area contributed by atoms with Crippen molar-refractivity contribution in [3.05, 3.63) is 40.2 Å². The molecule has 0 nitrogen and oxygen atoms in total. The van der Waals surface area contributed by atoms with Crippen LogP contribution in [0.25, 0.3) is 5.83 Å². The van der Waals surface area contributed by atoms with Crippen LogP contribution in [0.1, 0.15) is 30.0 Å². The third-order valence-electron chi connectivity index (χ3n) is 2.68. The van der Waals surface area contributed by atoms with Crippen LogP contribution in [0.5, 0.6) is 0 Å². The van der Waals surface area contributed by atoms with Crippen molar-refractivity contribution in [1.82, 2.24) is 0 Å². The molecule has 0 N–H and O–H groups in total. The summed E-state index contributed by atoms with van der Waals surface area (Å²) in [5.41, 5.74) is 2.49. The quantitative estimate of drug-likeness (QED) is 0.589. The summed E-state index contributed by atoms with van der Waals surface area (Å²) >= 11 is 0. The molecule has 2 heteroatoms. The van der Waals surface area contributed by atoms with Crippen LogP contribution in [0.4, 0.5) is 8.78 Å². The van der Waals surface area contributed by atoms with Crippen LogP contribution in [0.3, 0.4) is 0 Å². The van der Waals surface area contributed by atoms with E-state index < -0.39 is 5.82 Å². The Morgan fingerprint density at radius 3 is 2.50 bits per heavy atom. The van der Waals surface area contributed by atoms with Crippen molar-refractivity contribution in [3.63, 3.8) is 0 Å². The van der Waals surface area contributed by atoms with Gasteiger partial charge in [0, 0.05) is 5.56 Å². The lowest BCUT2D eigenvalue weighted by molar-refractivity contribution is 0.603. The Kier molecular flexibility index (Phi) is 2.14. The van der Waals surface area contributed by atoms with Gasteiger partial charge in [-0.05, 0) is 49.5 Å². The number of halogens is 2. The average Bonchev–Trinajstić information content (AvgIpc) is 2.10. The van der Waals surface area contributed by atoms with Gasteiger partial charge in [-0.2, -0.15) is 0 Å². The molecule has 0 radical (unpaired) electrons. The Balaban J connectivity index is 2.68. The summed E-state index contributed by atoms with van der Waals surface area (Å²) in [5, 5.41) is 0. The number of allylic oxidation sites excluding steroid dienone is 1. The van der Waals surface area contributed by atoms with E-state index in [4.69, 9.17) is 0 Å². The van der Waals surface area contributed by atoms with Crippen LogP contribution < -0.4 is 0 Å². The predicted octanol–water partition coefficient (Wildman–Crippen LogP) is 3.78. The minimum Gasteiger partial charge on any atom is -0.206 e. The molecule has 0 saturated carbocycles. The van der Waals surface area contributed by atoms with Gasteiger partial charge in [0.2, 0.25) is 0 Å². The normalized spacial score (nSPS) is 15.7. The summed E-state index contributed by atoms with van der Waals surface area (Å²) in [4.78, 5) is 0. The molecule has 0 bridgehead atoms. The lowest BCUT2D eigenvalue weighted by atomic mass is 9.90. The largest absolute Gasteiger partial charge is 0.206 e. The number of aryl methyl sites for hydroxylation is 2. The van der Waals surface area contributed by atoms with Crippen molar-refractivity contribution in [2.45, 2.75) is 26.7 Å². The van der Waals surface area contributed by atoms with E-state index in [1.165, 1.54) is 6.07 Å². The Bertz CT molecular complexity index is 417. The lowest BCUT2D eigenvalue weighted by Crippen LogP contribution is -2.04. The van der Waals surface area contributed by atoms with E-state index in [-0.39, 0.29) is 11.4 Å². The SMILES string of the molecule is CC1=C(F)c2c(F)cc(C)cc2CC1. The van der Waals surface area contributed by atoms with E-state index in [0.29, 0.717) is 12.0 Å². The third kappa shape index (κ3) is 1.35. The van der Waals surface area contributed by atoms with Crippen LogP contribution in [0.15, 0.2) is 17.7 Å². The summed E-state index contributed by atoms with van der Waals surface area (Å²) in [7, 11) is 0. The first-order chi connectivity index (χ1) is 6.59. The fourth-order valence-electron chi connectivity index (χ4n) is 1.90. The maximum Gasteiger partial charge on any atom is 0.133 e. The second-order valence-electron chi connectivity index (χ2n) is 3.88. The summed E-state index contributed by atoms with van der Waals surface area (Å²) in [6, 6.07) is 3.25. The molecule has 0 unspecified atom stereocenters. The van der Waals surface area contributed by atoms with Gasteiger partial charge in [0.1, 0.15) is 11.6 Å². The minimum atomic E-state index is -0.434. The highest BCUT2D eigenvalue weighted by molar-refractivity contribution is 5.68. The molecule has 0 aliphatic heterocycles. The van der Waals surface area contributed by atoms with Crippen LogP contribution in [-0.4, -0.2) is 0 Å². The van der Waals surface area contributed by atoms with Gasteiger partial charge in [-0.25, -0.2) is 8.78 Å². The Hall–Kier alpha value is -1.18. The van der Waals surface area contributed by atoms with E-state index >= 15 is 0 Å². The molecule has 14 heavy (non-hydrogen) atoms. The standard InChI is InChI=1S/C12H12F2/c1-7-5-9-4-3-8(2)12(14)11(9)10(13)6-7/h5-6H,3-4H2,1-2H3. The van der Waals surface area contributed by atoms with Crippen molar-refractivity contribution in [2.75, 3.05) is 0 Å². The second kappa shape index (κ2) is 3.19. The number of benzene rings is 1. The van der Waals surface area contributed by atoms with Gasteiger partial charge >= 0.3 is 0 Å². The van der Waals surface area contributed by atoms with Crippen molar-refractivity contribution in [3.8, 4) is 0 Å². The van der Waals surface area contributed by atoms with Gasteiger partial charge in [-0.1, -0.05) is 6.07 Å². The van der Waals surface area contributed by atoms with E-state index in [1.807, 2.05) is 13.0 Å². The van der Waals surface area contributed by atoms with Gasteiger partial charge in [-0.3, -0.25) is 0 Å². The molecule has 0 atom stereocenters. The highest BCUT2D eigenvalue weighted by Gasteiger charge is 2.20. The molecule has 0 saturated heterocycles. The molecule has 0 spiro atoms. The summed E-state index contributed by atoms with van der Waals surface area (Å²) in [6.45, 7) is 3.55. The minimum absolute atomic E-state index is 0.180. The van der Waals surface area contributed by atoms with Crippen molar-refractivity contribution >= 4 is 5.83 Å². The first-order valence-corrected chi connectivity index (χ1v) is 4.74. The topological polar surface area (TPSA) is 0 Å². The molecule has 1 aromatic carbocycles. The van der Waals surface area contributed by atoms with Crippen LogP contribution in [0, 0.1) is 12.7 Å². The third-order valence-corrected chi connectivity index (χ3v) is 2.68. The smallest absolute Gasteiger partial charge is 0.133 e. The van der Waals surface area contributed by atoms with Crippen molar-refractivity contribution < 1.29 is 8.78 Å². The molecule has 0 fully saturated rings. The van der Waals surface area contributed by atoms with E-state index in [1.54, 1.807) is 6.92 Å². The Morgan fingerprint density at radius 2 is 1.79 bits per heavy atom. The molecule has 1 aliphatic rings. The molecule has 1 aromatic rings. The van der Waals surface area contributed by atoms with E-state index in [9.17, 15) is 8.78 Å². The van der Waals surface area contributed by atoms with Crippen molar-refractivity contribution in [1.29, 1.82) is 0 Å². The summed E-state index contributed by atoms with van der Waals surface area (Å²) in [6.07, 6.45) is 1.44. The van der Waals surface area contributed by atoms with E-state index in [0.717, 1.165) is 17.5 Å². The fraction of sp³-hybridized carbons (Fsp3) is 0.333. The molecule has 1 aliphatic carbocycles. The van der Waals surface area contributed by atoms with E-state index in [2.05, 4.69) is 0 Å². The lowest BCUT2D eigenvalue weighted by Gasteiger charge is -2.17. The summed E-state index contributed by atoms with van der Waals surface area (Å²) < 4.78 is 27.1.